The number of aliphatic hydroxyl groups is 1. The molecule has 1 N–H and O–H groups in total. The fourth-order valence-electron chi connectivity index (χ4n) is 2.01. The highest BCUT2D eigenvalue weighted by molar-refractivity contribution is 5.83. The molecule has 18 heavy (non-hydrogen) atoms. The van der Waals surface area contributed by atoms with Crippen LogP contribution in [0.2, 0.25) is 0 Å². The van der Waals surface area contributed by atoms with Crippen molar-refractivity contribution in [2.45, 2.75) is 25.6 Å². The maximum atomic E-state index is 13.1. The second-order valence-electron chi connectivity index (χ2n) is 4.51. The van der Waals surface area contributed by atoms with E-state index in [1.165, 1.54) is 25.1 Å². The first-order chi connectivity index (χ1) is 8.49. The van der Waals surface area contributed by atoms with Crippen LogP contribution in [-0.2, 0) is 4.79 Å². The molecule has 1 amide bonds. The standard InChI is InChI=1S/C13H16FNO3/c1-8(16)10-7-9(14)3-4-11(10)18-12-5-6-15(2)13(12)17/h3-4,7-8,12,16H,5-6H2,1-2H3/t8-,12?/m1/s1. The molecule has 0 radical (unpaired) electrons. The van der Waals surface area contributed by atoms with E-state index in [1.54, 1.807) is 11.9 Å². The van der Waals surface area contributed by atoms with Crippen molar-refractivity contribution in [2.24, 2.45) is 0 Å². The molecule has 0 saturated carbocycles. The molecule has 1 unspecified atom stereocenters. The lowest BCUT2D eigenvalue weighted by Crippen LogP contribution is -2.29. The number of carbonyl (C=O) groups is 1. The van der Waals surface area contributed by atoms with Crippen molar-refractivity contribution in [1.82, 2.24) is 4.90 Å². The molecule has 1 heterocycles. The quantitative estimate of drug-likeness (QED) is 0.887. The highest BCUT2D eigenvalue weighted by atomic mass is 19.1. The van der Waals surface area contributed by atoms with Gasteiger partial charge in [0, 0.05) is 25.6 Å². The average Bonchev–Trinajstić information content (AvgIpc) is 2.63. The predicted molar refractivity (Wildman–Crippen MR) is 63.7 cm³/mol. The Balaban J connectivity index is 2.21. The third-order valence-corrected chi connectivity index (χ3v) is 3.07. The topological polar surface area (TPSA) is 49.8 Å². The second-order valence-corrected chi connectivity index (χ2v) is 4.51. The van der Waals surface area contributed by atoms with Gasteiger partial charge >= 0.3 is 0 Å². The van der Waals surface area contributed by atoms with Gasteiger partial charge in [0.2, 0.25) is 0 Å². The Morgan fingerprint density at radius 2 is 2.28 bits per heavy atom. The van der Waals surface area contributed by atoms with E-state index >= 15 is 0 Å². The van der Waals surface area contributed by atoms with E-state index in [0.717, 1.165) is 0 Å². The normalized spacial score (nSPS) is 21.2. The van der Waals surface area contributed by atoms with Crippen molar-refractivity contribution >= 4 is 5.91 Å². The Bertz CT molecular complexity index is 462. The average molecular weight is 253 g/mol. The Kier molecular flexibility index (Phi) is 3.52. The van der Waals surface area contributed by atoms with Crippen LogP contribution in [0.25, 0.3) is 0 Å². The van der Waals surface area contributed by atoms with Crippen molar-refractivity contribution < 1.29 is 19.0 Å². The Hall–Kier alpha value is -1.62. The number of hydrogen-bond acceptors (Lipinski definition) is 3. The van der Waals surface area contributed by atoms with Crippen LogP contribution < -0.4 is 4.74 Å². The molecule has 1 fully saturated rings. The zero-order valence-corrected chi connectivity index (χ0v) is 10.4. The van der Waals surface area contributed by atoms with Gasteiger partial charge in [0.1, 0.15) is 11.6 Å². The fourth-order valence-corrected chi connectivity index (χ4v) is 2.01. The molecular formula is C13H16FNO3. The van der Waals surface area contributed by atoms with Crippen LogP contribution in [0.4, 0.5) is 4.39 Å². The minimum Gasteiger partial charge on any atom is -0.480 e. The number of rotatable bonds is 3. The summed E-state index contributed by atoms with van der Waals surface area (Å²) >= 11 is 0. The van der Waals surface area contributed by atoms with Gasteiger partial charge in [-0.2, -0.15) is 0 Å². The summed E-state index contributed by atoms with van der Waals surface area (Å²) in [5.41, 5.74) is 0.359. The first-order valence-electron chi connectivity index (χ1n) is 5.88. The van der Waals surface area contributed by atoms with Crippen molar-refractivity contribution in [3.8, 4) is 5.75 Å². The number of hydrogen-bond donors (Lipinski definition) is 1. The first kappa shape index (κ1) is 12.8. The molecule has 1 saturated heterocycles. The highest BCUT2D eigenvalue weighted by Gasteiger charge is 2.31. The summed E-state index contributed by atoms with van der Waals surface area (Å²) in [5, 5.41) is 9.58. The summed E-state index contributed by atoms with van der Waals surface area (Å²) < 4.78 is 18.7. The van der Waals surface area contributed by atoms with Gasteiger partial charge in [-0.1, -0.05) is 0 Å². The van der Waals surface area contributed by atoms with Crippen molar-refractivity contribution in [3.63, 3.8) is 0 Å². The number of likely N-dealkylation sites (tertiary alicyclic amines) is 1. The smallest absolute Gasteiger partial charge is 0.263 e. The van der Waals surface area contributed by atoms with Crippen LogP contribution in [0.3, 0.4) is 0 Å². The third kappa shape index (κ3) is 2.46. The number of nitrogens with zero attached hydrogens (tertiary/aromatic N) is 1. The molecule has 2 atom stereocenters. The van der Waals surface area contributed by atoms with E-state index in [2.05, 4.69) is 0 Å². The lowest BCUT2D eigenvalue weighted by Gasteiger charge is -2.17. The Morgan fingerprint density at radius 3 is 2.83 bits per heavy atom. The number of ether oxygens (including phenoxy) is 1. The second kappa shape index (κ2) is 4.94. The number of carbonyl (C=O) groups excluding carboxylic acids is 1. The molecule has 0 aromatic heterocycles. The van der Waals surface area contributed by atoms with E-state index < -0.39 is 18.0 Å². The number of likely N-dealkylation sites (N-methyl/N-ethyl adjacent to an activating group) is 1. The number of benzene rings is 1. The summed E-state index contributed by atoms with van der Waals surface area (Å²) in [7, 11) is 1.71. The van der Waals surface area contributed by atoms with Gasteiger partial charge in [0.05, 0.1) is 6.10 Å². The Morgan fingerprint density at radius 1 is 1.56 bits per heavy atom. The number of amides is 1. The van der Waals surface area contributed by atoms with Gasteiger partial charge in [0.15, 0.2) is 6.10 Å². The zero-order valence-electron chi connectivity index (χ0n) is 10.4. The zero-order chi connectivity index (χ0) is 13.3. The van der Waals surface area contributed by atoms with Crippen LogP contribution in [0, 0.1) is 5.82 Å². The summed E-state index contributed by atoms with van der Waals surface area (Å²) in [6.07, 6.45) is -0.783. The van der Waals surface area contributed by atoms with Crippen molar-refractivity contribution in [3.05, 3.63) is 29.6 Å². The molecule has 0 aliphatic carbocycles. The molecule has 1 aliphatic rings. The van der Waals surface area contributed by atoms with Crippen LogP contribution in [-0.4, -0.2) is 35.6 Å². The van der Waals surface area contributed by atoms with E-state index in [-0.39, 0.29) is 5.91 Å². The molecule has 5 heteroatoms. The molecule has 0 spiro atoms. The molecule has 4 nitrogen and oxygen atoms in total. The van der Waals surface area contributed by atoms with E-state index in [1.807, 2.05) is 0 Å². The minimum absolute atomic E-state index is 0.0872. The van der Waals surface area contributed by atoms with Gasteiger partial charge < -0.3 is 14.7 Å². The largest absolute Gasteiger partial charge is 0.480 e. The van der Waals surface area contributed by atoms with Crippen molar-refractivity contribution in [2.75, 3.05) is 13.6 Å². The van der Waals surface area contributed by atoms with Gasteiger partial charge in [0.25, 0.3) is 5.91 Å². The maximum absolute atomic E-state index is 13.1. The van der Waals surface area contributed by atoms with Gasteiger partial charge in [-0.05, 0) is 25.1 Å². The van der Waals surface area contributed by atoms with Gasteiger partial charge in [-0.25, -0.2) is 4.39 Å². The van der Waals surface area contributed by atoms with Crippen LogP contribution >= 0.6 is 0 Å². The molecule has 1 aromatic rings. The molecule has 1 aromatic carbocycles. The molecule has 2 rings (SSSR count). The number of halogens is 1. The van der Waals surface area contributed by atoms with Crippen LogP contribution in [0.1, 0.15) is 25.0 Å². The number of aliphatic hydroxyl groups excluding tert-OH is 1. The van der Waals surface area contributed by atoms with E-state index in [4.69, 9.17) is 4.74 Å². The van der Waals surface area contributed by atoms with E-state index in [0.29, 0.717) is 24.3 Å². The van der Waals surface area contributed by atoms with E-state index in [9.17, 15) is 14.3 Å². The molecular weight excluding hydrogens is 237 g/mol. The van der Waals surface area contributed by atoms with Crippen LogP contribution in [0.15, 0.2) is 18.2 Å². The predicted octanol–water partition coefficient (Wildman–Crippen LogP) is 1.49. The first-order valence-corrected chi connectivity index (χ1v) is 5.88. The van der Waals surface area contributed by atoms with Crippen molar-refractivity contribution in [1.29, 1.82) is 0 Å². The highest BCUT2D eigenvalue weighted by Crippen LogP contribution is 2.28. The maximum Gasteiger partial charge on any atom is 0.263 e. The lowest BCUT2D eigenvalue weighted by atomic mass is 10.1. The van der Waals surface area contributed by atoms with Gasteiger partial charge in [-0.3, -0.25) is 4.79 Å². The minimum atomic E-state index is -0.843. The molecule has 0 bridgehead atoms. The lowest BCUT2D eigenvalue weighted by molar-refractivity contribution is -0.132. The third-order valence-electron chi connectivity index (χ3n) is 3.07. The Labute approximate surface area is 105 Å². The molecule has 1 aliphatic heterocycles. The monoisotopic (exact) mass is 253 g/mol. The summed E-state index contributed by atoms with van der Waals surface area (Å²) in [5.74, 6) is -0.163. The molecule has 98 valence electrons. The van der Waals surface area contributed by atoms with Crippen LogP contribution in [0.5, 0.6) is 5.75 Å². The summed E-state index contributed by atoms with van der Waals surface area (Å²) in [6.45, 7) is 2.18. The summed E-state index contributed by atoms with van der Waals surface area (Å²) in [4.78, 5) is 13.3. The SMILES string of the molecule is C[C@@H](O)c1cc(F)ccc1OC1CCN(C)C1=O. The summed E-state index contributed by atoms with van der Waals surface area (Å²) in [6, 6.07) is 3.93. The fraction of sp³-hybridized carbons (Fsp3) is 0.462. The van der Waals surface area contributed by atoms with Gasteiger partial charge in [-0.15, -0.1) is 0 Å².